The van der Waals surface area contributed by atoms with Gasteiger partial charge in [0.15, 0.2) is 5.78 Å². The van der Waals surface area contributed by atoms with Crippen LogP contribution >= 0.6 is 11.6 Å². The highest BCUT2D eigenvalue weighted by Crippen LogP contribution is 2.11. The topological polar surface area (TPSA) is 37.3 Å². The quantitative estimate of drug-likeness (QED) is 0.619. The number of carbonyl (C=O) groups excluding carboxylic acids is 1. The molecule has 15 heavy (non-hydrogen) atoms. The maximum Gasteiger partial charge on any atom is 0.191 e. The van der Waals surface area contributed by atoms with Crippen LogP contribution in [-0.2, 0) is 0 Å². The summed E-state index contributed by atoms with van der Waals surface area (Å²) < 4.78 is 0. The second-order valence-electron chi connectivity index (χ2n) is 3.60. The van der Waals surface area contributed by atoms with Crippen LogP contribution in [0.5, 0.6) is 0 Å². The average molecular weight is 227 g/mol. The van der Waals surface area contributed by atoms with Gasteiger partial charge in [-0.3, -0.25) is 4.79 Å². The highest BCUT2D eigenvalue weighted by molar-refractivity contribution is 6.20. The number of hydrogen-bond acceptors (Lipinski definition) is 2. The van der Waals surface area contributed by atoms with Crippen LogP contribution in [0.25, 0.3) is 0 Å². The molecular formula is C12H15ClO2. The van der Waals surface area contributed by atoms with Crippen molar-refractivity contribution in [1.29, 1.82) is 0 Å². The van der Waals surface area contributed by atoms with E-state index in [0.717, 1.165) is 0 Å². The summed E-state index contributed by atoms with van der Waals surface area (Å²) in [5.74, 6) is -0.229. The van der Waals surface area contributed by atoms with Crippen LogP contribution in [0.15, 0.2) is 30.3 Å². The molecule has 2 nitrogen and oxygen atoms in total. The van der Waals surface area contributed by atoms with Gasteiger partial charge in [0, 0.05) is 10.9 Å². The predicted octanol–water partition coefficient (Wildman–Crippen LogP) is 2.64. The molecule has 3 heteroatoms. The van der Waals surface area contributed by atoms with E-state index in [9.17, 15) is 9.90 Å². The number of aliphatic hydroxyl groups excluding tert-OH is 1. The van der Waals surface area contributed by atoms with Crippen LogP contribution in [-0.4, -0.2) is 22.4 Å². The number of alkyl halides is 1. The minimum atomic E-state index is -0.936. The molecule has 0 heterocycles. The summed E-state index contributed by atoms with van der Waals surface area (Å²) in [6.07, 6.45) is 0.119. The first kappa shape index (κ1) is 12.2. The zero-order valence-corrected chi connectivity index (χ0v) is 9.45. The summed E-state index contributed by atoms with van der Waals surface area (Å²) in [5, 5.41) is 9.60. The standard InChI is InChI=1S/C12H15ClO2/c1-9(13)7-8-11(14)12(15)10-5-3-2-4-6-10/h2-6,9,11,14H,7-8H2,1H3. The van der Waals surface area contributed by atoms with Gasteiger partial charge in [0.25, 0.3) is 0 Å². The van der Waals surface area contributed by atoms with Gasteiger partial charge in [0.2, 0.25) is 0 Å². The number of carbonyl (C=O) groups is 1. The van der Waals surface area contributed by atoms with Gasteiger partial charge in [0.1, 0.15) is 6.10 Å². The lowest BCUT2D eigenvalue weighted by Crippen LogP contribution is -2.21. The van der Waals surface area contributed by atoms with E-state index in [1.165, 1.54) is 0 Å². The third kappa shape index (κ3) is 4.02. The molecule has 0 saturated carbocycles. The molecule has 0 aliphatic carbocycles. The second kappa shape index (κ2) is 5.89. The Bertz CT molecular complexity index is 309. The van der Waals surface area contributed by atoms with Gasteiger partial charge in [-0.1, -0.05) is 30.3 Å². The molecule has 0 radical (unpaired) electrons. The van der Waals surface area contributed by atoms with Crippen molar-refractivity contribution in [3.05, 3.63) is 35.9 Å². The lowest BCUT2D eigenvalue weighted by atomic mass is 10.0. The first-order chi connectivity index (χ1) is 7.11. The number of halogens is 1. The molecule has 0 spiro atoms. The number of benzene rings is 1. The van der Waals surface area contributed by atoms with E-state index in [2.05, 4.69) is 0 Å². The van der Waals surface area contributed by atoms with Crippen molar-refractivity contribution in [3.63, 3.8) is 0 Å². The van der Waals surface area contributed by atoms with Gasteiger partial charge in [0.05, 0.1) is 0 Å². The number of rotatable bonds is 5. The van der Waals surface area contributed by atoms with Crippen molar-refractivity contribution in [2.75, 3.05) is 0 Å². The van der Waals surface area contributed by atoms with Gasteiger partial charge < -0.3 is 5.11 Å². The molecule has 1 rings (SSSR count). The minimum absolute atomic E-state index is 0.0109. The molecule has 1 aromatic rings. The lowest BCUT2D eigenvalue weighted by Gasteiger charge is -2.10. The Morgan fingerprint density at radius 2 is 1.93 bits per heavy atom. The Hall–Kier alpha value is -0.860. The fourth-order valence-corrected chi connectivity index (χ4v) is 1.44. The van der Waals surface area contributed by atoms with Crippen LogP contribution in [0.2, 0.25) is 0 Å². The minimum Gasteiger partial charge on any atom is -0.385 e. The number of ketones is 1. The molecule has 0 aliphatic heterocycles. The van der Waals surface area contributed by atoms with Gasteiger partial charge in [-0.2, -0.15) is 0 Å². The maximum absolute atomic E-state index is 11.7. The smallest absolute Gasteiger partial charge is 0.191 e. The molecule has 2 atom stereocenters. The highest BCUT2D eigenvalue weighted by atomic mass is 35.5. The van der Waals surface area contributed by atoms with Crippen LogP contribution in [0.1, 0.15) is 30.1 Å². The molecule has 2 unspecified atom stereocenters. The van der Waals surface area contributed by atoms with E-state index in [1.807, 2.05) is 13.0 Å². The summed E-state index contributed by atoms with van der Waals surface area (Å²) in [7, 11) is 0. The maximum atomic E-state index is 11.7. The third-order valence-corrected chi connectivity index (χ3v) is 2.42. The van der Waals surface area contributed by atoms with Crippen molar-refractivity contribution in [1.82, 2.24) is 0 Å². The molecule has 0 amide bonds. The summed E-state index contributed by atoms with van der Waals surface area (Å²) in [5.41, 5.74) is 0.548. The SMILES string of the molecule is CC(Cl)CCC(O)C(=O)c1ccccc1. The fraction of sp³-hybridized carbons (Fsp3) is 0.417. The van der Waals surface area contributed by atoms with Gasteiger partial charge >= 0.3 is 0 Å². The number of aliphatic hydroxyl groups is 1. The van der Waals surface area contributed by atoms with E-state index in [1.54, 1.807) is 24.3 Å². The molecule has 1 aromatic carbocycles. The zero-order chi connectivity index (χ0) is 11.3. The van der Waals surface area contributed by atoms with E-state index >= 15 is 0 Å². The normalized spacial score (nSPS) is 14.6. The van der Waals surface area contributed by atoms with Crippen molar-refractivity contribution in [2.24, 2.45) is 0 Å². The summed E-state index contributed by atoms with van der Waals surface area (Å²) in [6.45, 7) is 1.85. The van der Waals surface area contributed by atoms with E-state index in [-0.39, 0.29) is 11.2 Å². The molecule has 0 aliphatic rings. The summed E-state index contributed by atoms with van der Waals surface area (Å²) >= 11 is 5.75. The second-order valence-corrected chi connectivity index (χ2v) is 4.35. The van der Waals surface area contributed by atoms with Crippen LogP contribution in [0.4, 0.5) is 0 Å². The average Bonchev–Trinajstić information content (AvgIpc) is 2.26. The monoisotopic (exact) mass is 226 g/mol. The number of hydrogen-bond donors (Lipinski definition) is 1. The van der Waals surface area contributed by atoms with Crippen molar-refractivity contribution < 1.29 is 9.90 Å². The lowest BCUT2D eigenvalue weighted by molar-refractivity contribution is 0.0727. The van der Waals surface area contributed by atoms with E-state index in [4.69, 9.17) is 11.6 Å². The molecular weight excluding hydrogens is 212 g/mol. The molecule has 0 aromatic heterocycles. The molecule has 0 fully saturated rings. The van der Waals surface area contributed by atoms with E-state index in [0.29, 0.717) is 18.4 Å². The van der Waals surface area contributed by atoms with Gasteiger partial charge in [-0.25, -0.2) is 0 Å². The first-order valence-corrected chi connectivity index (χ1v) is 5.46. The Balaban J connectivity index is 2.54. The Morgan fingerprint density at radius 3 is 2.47 bits per heavy atom. The molecule has 82 valence electrons. The fourth-order valence-electron chi connectivity index (χ4n) is 1.31. The van der Waals surface area contributed by atoms with E-state index < -0.39 is 6.10 Å². The summed E-state index contributed by atoms with van der Waals surface area (Å²) in [6, 6.07) is 8.81. The molecule has 1 N–H and O–H groups in total. The van der Waals surface area contributed by atoms with Gasteiger partial charge in [-0.05, 0) is 19.8 Å². The summed E-state index contributed by atoms with van der Waals surface area (Å²) in [4.78, 5) is 11.7. The van der Waals surface area contributed by atoms with Crippen LogP contribution in [0.3, 0.4) is 0 Å². The zero-order valence-electron chi connectivity index (χ0n) is 8.69. The van der Waals surface area contributed by atoms with Crippen molar-refractivity contribution >= 4 is 17.4 Å². The number of Topliss-reactive ketones (excluding diaryl/α,β-unsaturated/α-hetero) is 1. The third-order valence-electron chi connectivity index (χ3n) is 2.20. The van der Waals surface area contributed by atoms with Crippen LogP contribution < -0.4 is 0 Å². The van der Waals surface area contributed by atoms with Gasteiger partial charge in [-0.15, -0.1) is 11.6 Å². The van der Waals surface area contributed by atoms with Crippen molar-refractivity contribution in [3.8, 4) is 0 Å². The largest absolute Gasteiger partial charge is 0.385 e. The van der Waals surface area contributed by atoms with Crippen LogP contribution in [0, 0.1) is 0 Å². The first-order valence-electron chi connectivity index (χ1n) is 5.02. The Kier molecular flexibility index (Phi) is 4.79. The Morgan fingerprint density at radius 1 is 1.33 bits per heavy atom. The molecule has 0 bridgehead atoms. The molecule has 0 saturated heterocycles. The Labute approximate surface area is 94.9 Å². The predicted molar refractivity (Wildman–Crippen MR) is 61.3 cm³/mol. The van der Waals surface area contributed by atoms with Crippen molar-refractivity contribution in [2.45, 2.75) is 31.2 Å². The highest BCUT2D eigenvalue weighted by Gasteiger charge is 2.16.